The summed E-state index contributed by atoms with van der Waals surface area (Å²) in [6, 6.07) is 2.55. The summed E-state index contributed by atoms with van der Waals surface area (Å²) in [6.07, 6.45) is 0.104. The van der Waals surface area contributed by atoms with Gasteiger partial charge in [-0.05, 0) is 22.0 Å². The van der Waals surface area contributed by atoms with Gasteiger partial charge < -0.3 is 9.47 Å². The van der Waals surface area contributed by atoms with Crippen molar-refractivity contribution in [2.75, 3.05) is 13.7 Å². The largest absolute Gasteiger partial charge is 0.492 e. The van der Waals surface area contributed by atoms with Gasteiger partial charge in [-0.1, -0.05) is 11.6 Å². The summed E-state index contributed by atoms with van der Waals surface area (Å²) in [5, 5.41) is 0.00666. The Morgan fingerprint density at radius 3 is 2.88 bits per heavy atom. The number of rotatable bonds is 4. The van der Waals surface area contributed by atoms with E-state index in [4.69, 9.17) is 16.3 Å². The van der Waals surface area contributed by atoms with Crippen molar-refractivity contribution in [1.29, 1.82) is 0 Å². The molecule has 88 valence electrons. The predicted molar refractivity (Wildman–Crippen MR) is 61.2 cm³/mol. The molecule has 1 rings (SSSR count). The SMILES string of the molecule is COC(=O)CCOc1cc(F)c(Cl)cc1Br. The standard InChI is InChI=1S/C10H9BrClFO3/c1-15-10(14)2-3-16-9-5-8(13)7(12)4-6(9)11/h4-5H,2-3H2,1H3. The average molecular weight is 312 g/mol. The lowest BCUT2D eigenvalue weighted by atomic mass is 10.3. The summed E-state index contributed by atoms with van der Waals surface area (Å²) < 4.78 is 23.3. The van der Waals surface area contributed by atoms with Crippen molar-refractivity contribution in [2.24, 2.45) is 0 Å². The molecule has 0 saturated heterocycles. The Hall–Kier alpha value is -0.810. The molecule has 0 saturated carbocycles. The number of carbonyl (C=O) groups excluding carboxylic acids is 1. The highest BCUT2D eigenvalue weighted by Crippen LogP contribution is 2.30. The molecule has 0 radical (unpaired) electrons. The van der Waals surface area contributed by atoms with Gasteiger partial charge in [0, 0.05) is 6.07 Å². The summed E-state index contributed by atoms with van der Waals surface area (Å²) in [6.45, 7) is 0.117. The summed E-state index contributed by atoms with van der Waals surface area (Å²) in [5.74, 6) is -0.658. The fourth-order valence-electron chi connectivity index (χ4n) is 0.961. The highest BCUT2D eigenvalue weighted by Gasteiger charge is 2.08. The number of ether oxygens (including phenoxy) is 2. The van der Waals surface area contributed by atoms with Crippen molar-refractivity contribution in [1.82, 2.24) is 0 Å². The smallest absolute Gasteiger partial charge is 0.308 e. The molecule has 1 aromatic carbocycles. The molecule has 0 bridgehead atoms. The molecule has 1 aromatic rings. The van der Waals surface area contributed by atoms with E-state index in [1.165, 1.54) is 13.2 Å². The average Bonchev–Trinajstić information content (AvgIpc) is 2.25. The van der Waals surface area contributed by atoms with Crippen molar-refractivity contribution < 1.29 is 18.7 Å². The molecule has 0 aromatic heterocycles. The third-order valence-corrected chi connectivity index (χ3v) is 2.68. The van der Waals surface area contributed by atoms with E-state index in [-0.39, 0.29) is 24.0 Å². The van der Waals surface area contributed by atoms with E-state index in [0.717, 1.165) is 6.07 Å². The Morgan fingerprint density at radius 2 is 2.25 bits per heavy atom. The van der Waals surface area contributed by atoms with Crippen LogP contribution in [0.1, 0.15) is 6.42 Å². The number of benzene rings is 1. The topological polar surface area (TPSA) is 35.5 Å². The van der Waals surface area contributed by atoms with Crippen LogP contribution >= 0.6 is 27.5 Å². The van der Waals surface area contributed by atoms with Gasteiger partial charge in [0.05, 0.1) is 29.6 Å². The van der Waals surface area contributed by atoms with Crippen molar-refractivity contribution in [3.05, 3.63) is 27.4 Å². The highest BCUT2D eigenvalue weighted by molar-refractivity contribution is 9.10. The zero-order valence-electron chi connectivity index (χ0n) is 8.43. The Morgan fingerprint density at radius 1 is 1.56 bits per heavy atom. The first-order valence-electron chi connectivity index (χ1n) is 4.38. The highest BCUT2D eigenvalue weighted by atomic mass is 79.9. The Bertz CT molecular complexity index is 398. The maximum atomic E-state index is 13.1. The minimum atomic E-state index is -0.571. The van der Waals surface area contributed by atoms with Crippen LogP contribution in [0.3, 0.4) is 0 Å². The Kier molecular flexibility index (Phi) is 5.02. The van der Waals surface area contributed by atoms with Crippen molar-refractivity contribution in [3.63, 3.8) is 0 Å². The summed E-state index contributed by atoms with van der Waals surface area (Å²) in [4.78, 5) is 10.8. The predicted octanol–water partition coefficient (Wildman–Crippen LogP) is 3.18. The zero-order valence-corrected chi connectivity index (χ0v) is 10.8. The van der Waals surface area contributed by atoms with E-state index in [0.29, 0.717) is 10.2 Å². The minimum absolute atomic E-state index is 0.00666. The third kappa shape index (κ3) is 3.64. The molecule has 0 N–H and O–H groups in total. The van der Waals surface area contributed by atoms with Gasteiger partial charge in [0.25, 0.3) is 0 Å². The van der Waals surface area contributed by atoms with E-state index in [1.54, 1.807) is 0 Å². The minimum Gasteiger partial charge on any atom is -0.492 e. The maximum Gasteiger partial charge on any atom is 0.308 e. The lowest BCUT2D eigenvalue weighted by Gasteiger charge is -2.08. The fourth-order valence-corrected chi connectivity index (χ4v) is 1.71. The second-order valence-corrected chi connectivity index (χ2v) is 4.13. The van der Waals surface area contributed by atoms with Gasteiger partial charge in [0.15, 0.2) is 0 Å². The van der Waals surface area contributed by atoms with E-state index >= 15 is 0 Å². The monoisotopic (exact) mass is 310 g/mol. The number of carbonyl (C=O) groups is 1. The van der Waals surface area contributed by atoms with Crippen LogP contribution in [-0.2, 0) is 9.53 Å². The van der Waals surface area contributed by atoms with Crippen LogP contribution < -0.4 is 4.74 Å². The molecular formula is C10H9BrClFO3. The molecule has 16 heavy (non-hydrogen) atoms. The quantitative estimate of drug-likeness (QED) is 0.633. The molecule has 0 aliphatic carbocycles. The first kappa shape index (κ1) is 13.3. The molecule has 0 unspecified atom stereocenters. The Labute approximate surface area is 106 Å². The van der Waals surface area contributed by atoms with Crippen molar-refractivity contribution in [2.45, 2.75) is 6.42 Å². The molecule has 6 heteroatoms. The number of hydrogen-bond donors (Lipinski definition) is 0. The van der Waals surface area contributed by atoms with Gasteiger partial charge in [-0.25, -0.2) is 4.39 Å². The normalized spacial score (nSPS) is 10.0. The summed E-state index contributed by atoms with van der Waals surface area (Å²) in [7, 11) is 1.29. The van der Waals surface area contributed by atoms with Crippen LogP contribution in [0.5, 0.6) is 5.75 Å². The molecular weight excluding hydrogens is 302 g/mol. The second-order valence-electron chi connectivity index (χ2n) is 2.87. The molecule has 0 aliphatic heterocycles. The first-order valence-corrected chi connectivity index (χ1v) is 5.56. The van der Waals surface area contributed by atoms with E-state index in [9.17, 15) is 9.18 Å². The lowest BCUT2D eigenvalue weighted by Crippen LogP contribution is -2.07. The van der Waals surface area contributed by atoms with Crippen LogP contribution in [0.2, 0.25) is 5.02 Å². The molecule has 0 fully saturated rings. The molecule has 0 aliphatic rings. The van der Waals surface area contributed by atoms with E-state index in [2.05, 4.69) is 20.7 Å². The molecule has 0 heterocycles. The van der Waals surface area contributed by atoms with Gasteiger partial charge >= 0.3 is 5.97 Å². The van der Waals surface area contributed by atoms with E-state index in [1.807, 2.05) is 0 Å². The van der Waals surface area contributed by atoms with Gasteiger partial charge in [-0.2, -0.15) is 0 Å². The van der Waals surface area contributed by atoms with Crippen LogP contribution in [0.25, 0.3) is 0 Å². The number of hydrogen-bond acceptors (Lipinski definition) is 3. The maximum absolute atomic E-state index is 13.1. The van der Waals surface area contributed by atoms with E-state index < -0.39 is 5.82 Å². The van der Waals surface area contributed by atoms with Crippen LogP contribution in [0, 0.1) is 5.82 Å². The third-order valence-electron chi connectivity index (χ3n) is 1.77. The molecule has 3 nitrogen and oxygen atoms in total. The van der Waals surface area contributed by atoms with Gasteiger partial charge in [0.1, 0.15) is 11.6 Å². The fraction of sp³-hybridized carbons (Fsp3) is 0.300. The zero-order chi connectivity index (χ0) is 12.1. The van der Waals surface area contributed by atoms with Crippen LogP contribution in [0.15, 0.2) is 16.6 Å². The number of halogens is 3. The molecule has 0 amide bonds. The van der Waals surface area contributed by atoms with Gasteiger partial charge in [-0.15, -0.1) is 0 Å². The second kappa shape index (κ2) is 6.06. The van der Waals surface area contributed by atoms with Gasteiger partial charge in [0.2, 0.25) is 0 Å². The van der Waals surface area contributed by atoms with Gasteiger partial charge in [-0.3, -0.25) is 4.79 Å². The summed E-state index contributed by atoms with van der Waals surface area (Å²) in [5.41, 5.74) is 0. The van der Waals surface area contributed by atoms with Crippen LogP contribution in [0.4, 0.5) is 4.39 Å². The van der Waals surface area contributed by atoms with Crippen LogP contribution in [-0.4, -0.2) is 19.7 Å². The first-order chi connectivity index (χ1) is 7.54. The summed E-state index contributed by atoms with van der Waals surface area (Å²) >= 11 is 8.73. The number of methoxy groups -OCH3 is 1. The molecule has 0 atom stereocenters. The van der Waals surface area contributed by atoms with Crippen molar-refractivity contribution >= 4 is 33.5 Å². The van der Waals surface area contributed by atoms with Crippen molar-refractivity contribution in [3.8, 4) is 5.75 Å². The number of esters is 1. The Balaban J connectivity index is 2.60. The lowest BCUT2D eigenvalue weighted by molar-refractivity contribution is -0.141. The molecule has 0 spiro atoms.